The molecule has 9 heteroatoms. The Morgan fingerprint density at radius 3 is 2.44 bits per heavy atom. The highest BCUT2D eigenvalue weighted by molar-refractivity contribution is 14.0. The first-order chi connectivity index (χ1) is 11.4. The molecule has 2 N–H and O–H groups in total. The first kappa shape index (κ1) is 23.9. The van der Waals surface area contributed by atoms with E-state index in [4.69, 9.17) is 0 Å². The molecule has 0 amide bonds. The molecular weight excluding hydrogens is 453 g/mol. The van der Waals surface area contributed by atoms with Crippen molar-refractivity contribution in [3.8, 4) is 0 Å². The molecule has 4 nitrogen and oxygen atoms in total. The van der Waals surface area contributed by atoms with Gasteiger partial charge in [0.05, 0.1) is 0 Å². The van der Waals surface area contributed by atoms with Crippen LogP contribution in [0, 0.1) is 5.82 Å². The number of aliphatic imine (C=N–C) groups is 1. The molecular formula is C16H24F4IN3O. The molecule has 0 radical (unpaired) electrons. The average molecular weight is 477 g/mol. The molecule has 0 aliphatic heterocycles. The Balaban J connectivity index is 0.00000576. The average Bonchev–Trinajstić information content (AvgIpc) is 2.51. The third-order valence-corrected chi connectivity index (χ3v) is 2.95. The van der Waals surface area contributed by atoms with Crippen LogP contribution in [0.15, 0.2) is 29.3 Å². The van der Waals surface area contributed by atoms with Crippen molar-refractivity contribution in [2.75, 3.05) is 32.8 Å². The smallest absolute Gasteiger partial charge is 0.372 e. The molecule has 25 heavy (non-hydrogen) atoms. The van der Waals surface area contributed by atoms with Crippen LogP contribution in [-0.4, -0.2) is 45.0 Å². The van der Waals surface area contributed by atoms with Gasteiger partial charge in [0.15, 0.2) is 5.96 Å². The Bertz CT molecular complexity index is 495. The van der Waals surface area contributed by atoms with Crippen molar-refractivity contribution in [1.82, 2.24) is 10.6 Å². The van der Waals surface area contributed by atoms with E-state index in [0.717, 1.165) is 5.56 Å². The minimum Gasteiger partial charge on any atom is -0.372 e. The maximum absolute atomic E-state index is 12.8. The molecule has 1 aromatic rings. The molecule has 144 valence electrons. The van der Waals surface area contributed by atoms with E-state index in [0.29, 0.717) is 38.4 Å². The van der Waals surface area contributed by atoms with Crippen molar-refractivity contribution in [3.05, 3.63) is 35.6 Å². The van der Waals surface area contributed by atoms with E-state index in [-0.39, 0.29) is 36.4 Å². The van der Waals surface area contributed by atoms with Crippen molar-refractivity contribution < 1.29 is 22.3 Å². The van der Waals surface area contributed by atoms with Crippen LogP contribution in [0.2, 0.25) is 0 Å². The van der Waals surface area contributed by atoms with E-state index in [1.807, 2.05) is 6.92 Å². The molecule has 0 aliphatic rings. The summed E-state index contributed by atoms with van der Waals surface area (Å²) in [6.07, 6.45) is -3.18. The summed E-state index contributed by atoms with van der Waals surface area (Å²) in [6, 6.07) is 6.27. The number of ether oxygens (including phenoxy) is 1. The molecule has 0 atom stereocenters. The SMILES string of the molecule is CCNC(=NCCCOCC(F)(F)F)NCCc1ccc(F)cc1.I. The first-order valence-electron chi connectivity index (χ1n) is 7.82. The Morgan fingerprint density at radius 1 is 1.16 bits per heavy atom. The second-order valence-corrected chi connectivity index (χ2v) is 5.09. The van der Waals surface area contributed by atoms with Gasteiger partial charge in [-0.25, -0.2) is 4.39 Å². The normalized spacial score (nSPS) is 11.8. The number of nitrogens with one attached hydrogen (secondary N) is 2. The third-order valence-electron chi connectivity index (χ3n) is 2.95. The molecule has 0 aliphatic carbocycles. The topological polar surface area (TPSA) is 45.7 Å². The van der Waals surface area contributed by atoms with E-state index in [9.17, 15) is 17.6 Å². The van der Waals surface area contributed by atoms with Gasteiger partial charge < -0.3 is 15.4 Å². The lowest BCUT2D eigenvalue weighted by atomic mass is 10.1. The molecule has 0 saturated carbocycles. The van der Waals surface area contributed by atoms with Gasteiger partial charge in [-0.15, -0.1) is 24.0 Å². The van der Waals surface area contributed by atoms with Gasteiger partial charge in [0.25, 0.3) is 0 Å². The molecule has 0 heterocycles. The van der Waals surface area contributed by atoms with Gasteiger partial charge in [-0.3, -0.25) is 4.99 Å². The van der Waals surface area contributed by atoms with Crippen LogP contribution in [0.4, 0.5) is 17.6 Å². The van der Waals surface area contributed by atoms with E-state index in [2.05, 4.69) is 20.4 Å². The zero-order chi connectivity index (χ0) is 17.8. The van der Waals surface area contributed by atoms with E-state index < -0.39 is 12.8 Å². The fraction of sp³-hybridized carbons (Fsp3) is 0.562. The lowest BCUT2D eigenvalue weighted by Crippen LogP contribution is -2.38. The summed E-state index contributed by atoms with van der Waals surface area (Å²) in [5.74, 6) is 0.324. The minimum atomic E-state index is -4.29. The van der Waals surface area contributed by atoms with Crippen molar-refractivity contribution in [1.29, 1.82) is 0 Å². The summed E-state index contributed by atoms with van der Waals surface area (Å²) in [7, 11) is 0. The lowest BCUT2D eigenvalue weighted by molar-refractivity contribution is -0.173. The molecule has 0 fully saturated rings. The maximum Gasteiger partial charge on any atom is 0.411 e. The maximum atomic E-state index is 12.8. The van der Waals surface area contributed by atoms with Crippen LogP contribution in [0.25, 0.3) is 0 Å². The van der Waals surface area contributed by atoms with Crippen LogP contribution in [-0.2, 0) is 11.2 Å². The van der Waals surface area contributed by atoms with Crippen LogP contribution in [0.1, 0.15) is 18.9 Å². The number of hydrogen-bond donors (Lipinski definition) is 2. The van der Waals surface area contributed by atoms with Crippen molar-refractivity contribution in [2.24, 2.45) is 4.99 Å². The summed E-state index contributed by atoms with van der Waals surface area (Å²) in [4.78, 5) is 4.27. The first-order valence-corrected chi connectivity index (χ1v) is 7.82. The highest BCUT2D eigenvalue weighted by atomic mass is 127. The van der Waals surface area contributed by atoms with Crippen LogP contribution >= 0.6 is 24.0 Å². The fourth-order valence-electron chi connectivity index (χ4n) is 1.86. The summed E-state index contributed by atoms with van der Waals surface area (Å²) < 4.78 is 53.0. The van der Waals surface area contributed by atoms with Gasteiger partial charge in [0.2, 0.25) is 0 Å². The summed E-state index contributed by atoms with van der Waals surface area (Å²) in [5, 5.41) is 6.17. The number of alkyl halides is 3. The zero-order valence-electron chi connectivity index (χ0n) is 14.0. The van der Waals surface area contributed by atoms with Crippen LogP contribution < -0.4 is 10.6 Å². The minimum absolute atomic E-state index is 0. The highest BCUT2D eigenvalue weighted by Gasteiger charge is 2.27. The number of nitrogens with zero attached hydrogens (tertiary/aromatic N) is 1. The van der Waals surface area contributed by atoms with E-state index in [1.54, 1.807) is 12.1 Å². The second kappa shape index (κ2) is 13.2. The van der Waals surface area contributed by atoms with Gasteiger partial charge in [-0.05, 0) is 37.5 Å². The second-order valence-electron chi connectivity index (χ2n) is 5.09. The summed E-state index contributed by atoms with van der Waals surface area (Å²) in [5.41, 5.74) is 1.00. The number of guanidine groups is 1. The molecule has 1 aromatic carbocycles. The molecule has 0 spiro atoms. The van der Waals surface area contributed by atoms with Gasteiger partial charge in [0, 0.05) is 26.2 Å². The third kappa shape index (κ3) is 12.9. The largest absolute Gasteiger partial charge is 0.411 e. The Morgan fingerprint density at radius 2 is 1.84 bits per heavy atom. The molecule has 0 aromatic heterocycles. The molecule has 0 saturated heterocycles. The highest BCUT2D eigenvalue weighted by Crippen LogP contribution is 2.14. The fourth-order valence-corrected chi connectivity index (χ4v) is 1.86. The van der Waals surface area contributed by atoms with Crippen molar-refractivity contribution >= 4 is 29.9 Å². The predicted molar refractivity (Wildman–Crippen MR) is 101 cm³/mol. The predicted octanol–water partition coefficient (Wildman–Crippen LogP) is 3.51. The zero-order valence-corrected chi connectivity index (χ0v) is 16.4. The number of benzene rings is 1. The monoisotopic (exact) mass is 477 g/mol. The van der Waals surface area contributed by atoms with Gasteiger partial charge >= 0.3 is 6.18 Å². The summed E-state index contributed by atoms with van der Waals surface area (Å²) in [6.45, 7) is 2.35. The van der Waals surface area contributed by atoms with E-state index in [1.165, 1.54) is 12.1 Å². The summed E-state index contributed by atoms with van der Waals surface area (Å²) >= 11 is 0. The Kier molecular flexibility index (Phi) is 12.6. The van der Waals surface area contributed by atoms with E-state index >= 15 is 0 Å². The molecule has 0 unspecified atom stereocenters. The molecule has 0 bridgehead atoms. The molecule has 1 rings (SSSR count). The lowest BCUT2D eigenvalue weighted by Gasteiger charge is -2.11. The number of halogens is 5. The van der Waals surface area contributed by atoms with Crippen molar-refractivity contribution in [2.45, 2.75) is 25.9 Å². The quantitative estimate of drug-likeness (QED) is 0.188. The number of rotatable bonds is 9. The van der Waals surface area contributed by atoms with Crippen LogP contribution in [0.3, 0.4) is 0 Å². The Hall–Kier alpha value is -1.10. The standard InChI is InChI=1S/C16H23F4N3O.HI/c1-2-21-15(22-9-3-11-24-12-16(18,19)20)23-10-8-13-4-6-14(17)7-5-13;/h4-7H,2-3,8-12H2,1H3,(H2,21,22,23);1H. The number of hydrogen-bond acceptors (Lipinski definition) is 2. The Labute approximate surface area is 162 Å². The van der Waals surface area contributed by atoms with Gasteiger partial charge in [0.1, 0.15) is 12.4 Å². The van der Waals surface area contributed by atoms with Crippen LogP contribution in [0.5, 0.6) is 0 Å². The van der Waals surface area contributed by atoms with Gasteiger partial charge in [-0.2, -0.15) is 13.2 Å². The van der Waals surface area contributed by atoms with Crippen molar-refractivity contribution in [3.63, 3.8) is 0 Å². The van der Waals surface area contributed by atoms with Gasteiger partial charge in [-0.1, -0.05) is 12.1 Å².